The van der Waals surface area contributed by atoms with Crippen molar-refractivity contribution >= 4 is 51.2 Å². The Labute approximate surface area is 248 Å². The van der Waals surface area contributed by atoms with Crippen LogP contribution in [0.5, 0.6) is 0 Å². The predicted octanol–water partition coefficient (Wildman–Crippen LogP) is -4.33. The van der Waals surface area contributed by atoms with E-state index in [4.69, 9.17) is 4.42 Å². The molecular weight excluding hydrogens is 488 g/mol. The molecule has 2 aromatic heterocycles. The normalized spacial score (nSPS) is 10.2. The number of nitrogens with one attached hydrogen (secondary N) is 2. The second kappa shape index (κ2) is 12.5. The van der Waals surface area contributed by atoms with Crippen molar-refractivity contribution in [3.63, 3.8) is 0 Å². The first-order chi connectivity index (χ1) is 16.3. The summed E-state index contributed by atoms with van der Waals surface area (Å²) in [6.07, 6.45) is 0.828. The SMILES string of the molecule is CCCc1c2nc(C(=O)[O-])cc(NC(=O)Nc3ccccc3)c2cc2c(=O)cc(C(=O)[O-])oc12.[Na+].[Na+]. The van der Waals surface area contributed by atoms with E-state index in [1.165, 1.54) is 6.07 Å². The molecule has 2 amide bonds. The molecular formula is C24H17N3Na2O7. The second-order valence-corrected chi connectivity index (χ2v) is 7.43. The van der Waals surface area contributed by atoms with Crippen molar-refractivity contribution in [1.82, 2.24) is 4.98 Å². The van der Waals surface area contributed by atoms with Crippen LogP contribution in [-0.4, -0.2) is 23.0 Å². The van der Waals surface area contributed by atoms with Crippen LogP contribution in [0.1, 0.15) is 40.0 Å². The number of amides is 2. The van der Waals surface area contributed by atoms with Crippen molar-refractivity contribution in [3.8, 4) is 0 Å². The minimum atomic E-state index is -1.67. The zero-order valence-corrected chi connectivity index (χ0v) is 23.8. The summed E-state index contributed by atoms with van der Waals surface area (Å²) in [5.74, 6) is -3.91. The van der Waals surface area contributed by atoms with Crippen molar-refractivity contribution in [3.05, 3.63) is 75.8 Å². The Hall–Kier alpha value is -2.73. The summed E-state index contributed by atoms with van der Waals surface area (Å²) in [5, 5.41) is 28.5. The zero-order chi connectivity index (χ0) is 24.4. The van der Waals surface area contributed by atoms with Crippen molar-refractivity contribution in [2.75, 3.05) is 10.6 Å². The van der Waals surface area contributed by atoms with Crippen molar-refractivity contribution in [2.45, 2.75) is 19.8 Å². The number of urea groups is 1. The Bertz CT molecular complexity index is 1520. The van der Waals surface area contributed by atoms with Crippen LogP contribution in [-0.2, 0) is 6.42 Å². The minimum absolute atomic E-state index is 0. The van der Waals surface area contributed by atoms with Gasteiger partial charge < -0.3 is 34.9 Å². The van der Waals surface area contributed by atoms with E-state index < -0.39 is 34.9 Å². The summed E-state index contributed by atoms with van der Waals surface area (Å²) in [7, 11) is 0. The number of pyridine rings is 1. The molecule has 0 spiro atoms. The zero-order valence-electron chi connectivity index (χ0n) is 19.8. The Morgan fingerprint density at radius 2 is 1.64 bits per heavy atom. The van der Waals surface area contributed by atoms with Gasteiger partial charge in [0.15, 0.2) is 11.2 Å². The summed E-state index contributed by atoms with van der Waals surface area (Å²) in [4.78, 5) is 52.4. The Kier molecular flexibility index (Phi) is 10.2. The average Bonchev–Trinajstić information content (AvgIpc) is 2.80. The van der Waals surface area contributed by atoms with E-state index in [1.807, 2.05) is 6.92 Å². The second-order valence-electron chi connectivity index (χ2n) is 7.43. The van der Waals surface area contributed by atoms with Gasteiger partial charge in [0.1, 0.15) is 11.6 Å². The molecule has 2 aromatic carbocycles. The van der Waals surface area contributed by atoms with E-state index in [1.54, 1.807) is 30.3 Å². The minimum Gasteiger partial charge on any atom is -0.543 e. The van der Waals surface area contributed by atoms with Crippen LogP contribution in [0.2, 0.25) is 0 Å². The van der Waals surface area contributed by atoms with Gasteiger partial charge in [-0.3, -0.25) is 4.79 Å². The molecule has 0 saturated heterocycles. The van der Waals surface area contributed by atoms with Crippen LogP contribution < -0.4 is 85.4 Å². The third-order valence-corrected chi connectivity index (χ3v) is 5.08. The number of carboxylic acid groups (broad SMARTS) is 2. The van der Waals surface area contributed by atoms with Gasteiger partial charge in [-0.2, -0.15) is 0 Å². The number of fused-ring (bicyclic) bond motifs is 2. The number of rotatable bonds is 6. The van der Waals surface area contributed by atoms with Gasteiger partial charge in [0, 0.05) is 22.7 Å². The molecule has 0 atom stereocenters. The molecule has 0 fully saturated rings. The number of carbonyl (C=O) groups is 3. The summed E-state index contributed by atoms with van der Waals surface area (Å²) in [6, 6.07) is 11.2. The van der Waals surface area contributed by atoms with E-state index in [0.717, 1.165) is 12.1 Å². The fourth-order valence-corrected chi connectivity index (χ4v) is 3.64. The summed E-state index contributed by atoms with van der Waals surface area (Å²) < 4.78 is 5.43. The molecule has 4 aromatic rings. The molecule has 0 bridgehead atoms. The van der Waals surface area contributed by atoms with Gasteiger partial charge in [-0.25, -0.2) is 9.78 Å². The standard InChI is InChI=1S/C24H19N3O7.2Na/c1-2-6-13-20-14(9-15-18(28)11-19(23(31)32)34-21(13)15)16(10-17(26-20)22(29)30)27-24(33)25-12-7-4-3-5-8-12;;/h3-5,7-11H,2,6H2,1H3,(H,29,30)(H,31,32)(H2,25,26,27,33);;/q;2*+1/p-2. The molecule has 0 unspecified atom stereocenters. The monoisotopic (exact) mass is 505 g/mol. The maximum atomic E-state index is 12.7. The maximum absolute atomic E-state index is 12.7. The fraction of sp³-hybridized carbons (Fsp3) is 0.125. The quantitative estimate of drug-likeness (QED) is 0.196. The number of anilines is 2. The van der Waals surface area contributed by atoms with Crippen LogP contribution in [0, 0.1) is 0 Å². The molecule has 10 nitrogen and oxygen atoms in total. The Morgan fingerprint density at radius 1 is 0.944 bits per heavy atom. The molecule has 4 rings (SSSR count). The first kappa shape index (κ1) is 29.5. The van der Waals surface area contributed by atoms with Crippen LogP contribution in [0.3, 0.4) is 0 Å². The maximum Gasteiger partial charge on any atom is 1.00 e. The third-order valence-electron chi connectivity index (χ3n) is 5.08. The van der Waals surface area contributed by atoms with Gasteiger partial charge in [0.2, 0.25) is 0 Å². The Morgan fingerprint density at radius 3 is 2.25 bits per heavy atom. The number of para-hydroxylation sites is 1. The number of aromatic nitrogens is 1. The van der Waals surface area contributed by atoms with Gasteiger partial charge in [-0.15, -0.1) is 0 Å². The molecule has 0 aliphatic rings. The number of nitrogens with zero attached hydrogens (tertiary/aromatic N) is 1. The molecule has 2 N–H and O–H groups in total. The van der Waals surface area contributed by atoms with Gasteiger partial charge in [-0.1, -0.05) is 31.5 Å². The largest absolute Gasteiger partial charge is 1.00 e. The summed E-state index contributed by atoms with van der Waals surface area (Å²) in [5.41, 5.74) is -0.106. The first-order valence-electron chi connectivity index (χ1n) is 10.3. The molecule has 2 heterocycles. The number of hydrogen-bond donors (Lipinski definition) is 2. The van der Waals surface area contributed by atoms with Crippen LogP contribution in [0.4, 0.5) is 16.2 Å². The predicted molar refractivity (Wildman–Crippen MR) is 120 cm³/mol. The van der Waals surface area contributed by atoms with Crippen LogP contribution in [0.15, 0.2) is 57.7 Å². The summed E-state index contributed by atoms with van der Waals surface area (Å²) >= 11 is 0. The van der Waals surface area contributed by atoms with Gasteiger partial charge >= 0.3 is 65.1 Å². The molecule has 0 aliphatic carbocycles. The summed E-state index contributed by atoms with van der Waals surface area (Å²) in [6.45, 7) is 1.83. The van der Waals surface area contributed by atoms with Crippen molar-refractivity contribution < 1.29 is 88.1 Å². The van der Waals surface area contributed by atoms with Crippen LogP contribution >= 0.6 is 0 Å². The third kappa shape index (κ3) is 6.15. The molecule has 36 heavy (non-hydrogen) atoms. The Balaban J connectivity index is 0.00000228. The molecule has 12 heteroatoms. The van der Waals surface area contributed by atoms with E-state index >= 15 is 0 Å². The average molecular weight is 505 g/mol. The molecule has 0 radical (unpaired) electrons. The van der Waals surface area contributed by atoms with E-state index in [9.17, 15) is 29.4 Å². The van der Waals surface area contributed by atoms with Gasteiger partial charge in [-0.05, 0) is 30.7 Å². The van der Waals surface area contributed by atoms with Gasteiger partial charge in [0.25, 0.3) is 0 Å². The number of hydrogen-bond acceptors (Lipinski definition) is 8. The topological polar surface area (TPSA) is 164 Å². The van der Waals surface area contributed by atoms with Crippen molar-refractivity contribution in [2.24, 2.45) is 0 Å². The number of carboxylic acids is 2. The van der Waals surface area contributed by atoms with Gasteiger partial charge in [0.05, 0.1) is 28.3 Å². The van der Waals surface area contributed by atoms with E-state index in [0.29, 0.717) is 17.7 Å². The number of carbonyl (C=O) groups excluding carboxylic acids is 3. The fourth-order valence-electron chi connectivity index (χ4n) is 3.64. The first-order valence-corrected chi connectivity index (χ1v) is 10.3. The number of benzene rings is 2. The number of aryl methyl sites for hydroxylation is 1. The number of aromatic carboxylic acids is 2. The van der Waals surface area contributed by atoms with Crippen molar-refractivity contribution in [1.29, 1.82) is 0 Å². The van der Waals surface area contributed by atoms with E-state index in [-0.39, 0.29) is 93.1 Å². The molecule has 0 aliphatic heterocycles. The van der Waals surface area contributed by atoms with E-state index in [2.05, 4.69) is 15.6 Å². The molecule has 0 saturated carbocycles. The van der Waals surface area contributed by atoms with Crippen LogP contribution in [0.25, 0.3) is 21.9 Å². The molecule has 172 valence electrons. The smallest absolute Gasteiger partial charge is 0.543 e.